The Hall–Kier alpha value is -3.72. The summed E-state index contributed by atoms with van der Waals surface area (Å²) in [6.07, 6.45) is 3.55. The maximum absolute atomic E-state index is 12.9. The number of carbonyl (C=O) groups is 1. The second kappa shape index (κ2) is 9.61. The van der Waals surface area contributed by atoms with Gasteiger partial charge in [-0.25, -0.2) is 4.21 Å². The summed E-state index contributed by atoms with van der Waals surface area (Å²) in [6.45, 7) is 1.87. The Morgan fingerprint density at radius 1 is 1.16 bits per heavy atom. The summed E-state index contributed by atoms with van der Waals surface area (Å²) in [5.74, 6) is -0.0404. The highest BCUT2D eigenvalue weighted by Crippen LogP contribution is 2.12. The molecule has 0 spiro atoms. The number of hydrogen-bond donors (Lipinski definition) is 3. The highest BCUT2D eigenvalue weighted by molar-refractivity contribution is 7.85. The molecule has 1 unspecified atom stereocenters. The molecule has 8 nitrogen and oxygen atoms in total. The second-order valence-electron chi connectivity index (χ2n) is 7.37. The zero-order chi connectivity index (χ0) is 22.5. The van der Waals surface area contributed by atoms with Crippen molar-refractivity contribution in [3.63, 3.8) is 0 Å². The molecule has 1 amide bonds. The van der Waals surface area contributed by atoms with Gasteiger partial charge in [0.15, 0.2) is 0 Å². The molecule has 4 rings (SSSR count). The number of anilines is 1. The van der Waals surface area contributed by atoms with Crippen molar-refractivity contribution >= 4 is 33.5 Å². The summed E-state index contributed by atoms with van der Waals surface area (Å²) in [6, 6.07) is 16.5. The Kier molecular flexibility index (Phi) is 6.46. The van der Waals surface area contributed by atoms with E-state index in [9.17, 15) is 13.8 Å². The number of benzene rings is 1. The quantitative estimate of drug-likeness (QED) is 0.384. The lowest BCUT2D eigenvalue weighted by molar-refractivity contribution is -0.121. The number of nitrogens with zero attached hydrogens (tertiary/aromatic N) is 2. The van der Waals surface area contributed by atoms with Gasteiger partial charge in [0.2, 0.25) is 5.91 Å². The lowest BCUT2D eigenvalue weighted by Crippen LogP contribution is -2.34. The third-order valence-electron chi connectivity index (χ3n) is 5.02. The number of nitrogens with one attached hydrogen (secondary N) is 3. The molecule has 0 aliphatic rings. The molecule has 0 aliphatic carbocycles. The first-order valence-corrected chi connectivity index (χ1v) is 11.4. The lowest BCUT2D eigenvalue weighted by Gasteiger charge is -2.13. The van der Waals surface area contributed by atoms with Crippen LogP contribution in [0.1, 0.15) is 17.0 Å². The van der Waals surface area contributed by atoms with E-state index in [0.29, 0.717) is 5.69 Å². The van der Waals surface area contributed by atoms with Crippen molar-refractivity contribution in [1.29, 1.82) is 0 Å². The molecule has 3 N–H and O–H groups in total. The molecule has 0 saturated heterocycles. The van der Waals surface area contributed by atoms with Gasteiger partial charge in [0.1, 0.15) is 23.2 Å². The zero-order valence-electron chi connectivity index (χ0n) is 17.5. The van der Waals surface area contributed by atoms with Crippen molar-refractivity contribution in [3.05, 3.63) is 94.3 Å². The predicted molar refractivity (Wildman–Crippen MR) is 125 cm³/mol. The average molecular weight is 450 g/mol. The molecule has 0 aliphatic heterocycles. The van der Waals surface area contributed by atoms with Crippen LogP contribution >= 0.6 is 0 Å². The molecular formula is C23H23N5O3S. The number of rotatable bonds is 8. The molecule has 1 atom stereocenters. The van der Waals surface area contributed by atoms with Gasteiger partial charge in [0.05, 0.1) is 29.7 Å². The Labute approximate surface area is 187 Å². The third-order valence-corrected chi connectivity index (χ3v) is 6.06. The van der Waals surface area contributed by atoms with Gasteiger partial charge >= 0.3 is 0 Å². The van der Waals surface area contributed by atoms with Gasteiger partial charge in [0, 0.05) is 17.3 Å². The Bertz CT molecular complexity index is 1330. The van der Waals surface area contributed by atoms with Crippen LogP contribution in [-0.2, 0) is 34.6 Å². The van der Waals surface area contributed by atoms with E-state index in [4.69, 9.17) is 0 Å². The Balaban J connectivity index is 1.40. The third kappa shape index (κ3) is 5.12. The van der Waals surface area contributed by atoms with E-state index in [1.54, 1.807) is 25.3 Å². The SMILES string of the molecule is Cc1ccc(NS(=O)Cc2ccccc2)c(=O)n1CC(=O)NCc1cc2cc[nH]c2cn1. The summed E-state index contributed by atoms with van der Waals surface area (Å²) in [4.78, 5) is 32.8. The topological polar surface area (TPSA) is 109 Å². The summed E-state index contributed by atoms with van der Waals surface area (Å²) >= 11 is 0. The Morgan fingerprint density at radius 2 is 1.97 bits per heavy atom. The number of aromatic amines is 1. The fourth-order valence-corrected chi connectivity index (χ4v) is 4.28. The van der Waals surface area contributed by atoms with Crippen LogP contribution in [0.4, 0.5) is 5.69 Å². The molecule has 0 bridgehead atoms. The van der Waals surface area contributed by atoms with E-state index in [-0.39, 0.29) is 30.4 Å². The molecule has 3 heterocycles. The summed E-state index contributed by atoms with van der Waals surface area (Å²) in [5, 5.41) is 3.81. The van der Waals surface area contributed by atoms with Crippen LogP contribution in [0, 0.1) is 6.92 Å². The monoisotopic (exact) mass is 449 g/mol. The first-order chi connectivity index (χ1) is 15.5. The molecule has 0 radical (unpaired) electrons. The molecule has 0 saturated carbocycles. The van der Waals surface area contributed by atoms with Gasteiger partial charge in [-0.3, -0.25) is 19.3 Å². The van der Waals surface area contributed by atoms with Crippen LogP contribution in [0.3, 0.4) is 0 Å². The van der Waals surface area contributed by atoms with Gasteiger partial charge in [-0.2, -0.15) is 0 Å². The predicted octanol–water partition coefficient (Wildman–Crippen LogP) is 2.63. The normalized spacial score (nSPS) is 11.9. The molecular weight excluding hydrogens is 426 g/mol. The first kappa shape index (κ1) is 21.5. The molecule has 32 heavy (non-hydrogen) atoms. The van der Waals surface area contributed by atoms with E-state index >= 15 is 0 Å². The molecule has 9 heteroatoms. The Morgan fingerprint density at radius 3 is 2.78 bits per heavy atom. The van der Waals surface area contributed by atoms with E-state index < -0.39 is 16.5 Å². The molecule has 1 aromatic carbocycles. The minimum Gasteiger partial charge on any atom is -0.360 e. The fourth-order valence-electron chi connectivity index (χ4n) is 3.31. The number of hydrogen-bond acceptors (Lipinski definition) is 4. The van der Waals surface area contributed by atoms with Crippen LogP contribution in [0.2, 0.25) is 0 Å². The largest absolute Gasteiger partial charge is 0.360 e. The minimum absolute atomic E-state index is 0.141. The van der Waals surface area contributed by atoms with Crippen LogP contribution in [0.5, 0.6) is 0 Å². The van der Waals surface area contributed by atoms with Gasteiger partial charge < -0.3 is 14.9 Å². The number of fused-ring (bicyclic) bond motifs is 1. The van der Waals surface area contributed by atoms with Crippen molar-refractivity contribution in [2.24, 2.45) is 0 Å². The van der Waals surface area contributed by atoms with Crippen LogP contribution in [0.25, 0.3) is 10.9 Å². The standard InChI is InChI=1S/C23H23N5O3S/c1-16-7-8-20(27-32(31)15-17-5-3-2-4-6-17)23(30)28(16)14-22(29)26-12-19-11-18-9-10-24-21(18)13-25-19/h2-11,13,24,27H,12,14-15H2,1H3,(H,26,29). The highest BCUT2D eigenvalue weighted by atomic mass is 32.2. The summed E-state index contributed by atoms with van der Waals surface area (Å²) in [7, 11) is -1.47. The van der Waals surface area contributed by atoms with Gasteiger partial charge in [0.25, 0.3) is 5.56 Å². The van der Waals surface area contributed by atoms with Gasteiger partial charge in [-0.05, 0) is 36.8 Å². The number of amides is 1. The maximum Gasteiger partial charge on any atom is 0.275 e. The number of pyridine rings is 2. The molecule has 4 aromatic rings. The number of aromatic nitrogens is 3. The summed E-state index contributed by atoms with van der Waals surface area (Å²) in [5.41, 5.74) is 2.98. The van der Waals surface area contributed by atoms with Crippen molar-refractivity contribution in [1.82, 2.24) is 19.9 Å². The smallest absolute Gasteiger partial charge is 0.275 e. The van der Waals surface area contributed by atoms with Crippen LogP contribution in [-0.4, -0.2) is 24.7 Å². The first-order valence-electron chi connectivity index (χ1n) is 10.1. The van der Waals surface area contributed by atoms with E-state index in [1.807, 2.05) is 48.7 Å². The van der Waals surface area contributed by atoms with Gasteiger partial charge in [-0.1, -0.05) is 30.3 Å². The average Bonchev–Trinajstić information content (AvgIpc) is 3.26. The van der Waals surface area contributed by atoms with Gasteiger partial charge in [-0.15, -0.1) is 0 Å². The van der Waals surface area contributed by atoms with Crippen molar-refractivity contribution < 1.29 is 9.00 Å². The highest BCUT2D eigenvalue weighted by Gasteiger charge is 2.12. The molecule has 0 fully saturated rings. The molecule has 164 valence electrons. The number of aryl methyl sites for hydroxylation is 1. The molecule has 3 aromatic heterocycles. The fraction of sp³-hybridized carbons (Fsp3) is 0.174. The lowest BCUT2D eigenvalue weighted by atomic mass is 10.2. The maximum atomic E-state index is 12.9. The van der Waals surface area contributed by atoms with Crippen molar-refractivity contribution in [3.8, 4) is 0 Å². The van der Waals surface area contributed by atoms with Crippen LogP contribution < -0.4 is 15.6 Å². The number of H-pyrrole nitrogens is 1. The van der Waals surface area contributed by atoms with E-state index in [1.165, 1.54) is 4.57 Å². The number of carbonyl (C=O) groups excluding carboxylic acids is 1. The van der Waals surface area contributed by atoms with Crippen LogP contribution in [0.15, 0.2) is 71.8 Å². The van der Waals surface area contributed by atoms with Crippen molar-refractivity contribution in [2.45, 2.75) is 25.8 Å². The van der Waals surface area contributed by atoms with E-state index in [2.05, 4.69) is 20.0 Å². The van der Waals surface area contributed by atoms with Crippen molar-refractivity contribution in [2.75, 3.05) is 4.72 Å². The van der Waals surface area contributed by atoms with E-state index in [0.717, 1.165) is 22.2 Å². The second-order valence-corrected chi connectivity index (χ2v) is 8.56. The minimum atomic E-state index is -1.47. The zero-order valence-corrected chi connectivity index (χ0v) is 18.3. The summed E-state index contributed by atoms with van der Waals surface area (Å²) < 4.78 is 16.6.